The first-order valence-electron chi connectivity index (χ1n) is 5.04. The summed E-state index contributed by atoms with van der Waals surface area (Å²) in [5.74, 6) is -4.48. The minimum Gasteiger partial charge on any atom is -0.480 e. The third-order valence-corrected chi connectivity index (χ3v) is 1.42. The quantitative estimate of drug-likeness (QED) is 0.379. The topological polar surface area (TPSA) is 168 Å². The number of hydrogen-bond donors (Lipinski definition) is 4. The van der Waals surface area contributed by atoms with Crippen molar-refractivity contribution in [1.82, 2.24) is 10.6 Å². The fourth-order valence-electron chi connectivity index (χ4n) is 0.819. The molecule has 11 heteroatoms. The van der Waals surface area contributed by atoms with E-state index >= 15 is 0 Å². The second kappa shape index (κ2) is 9.41. The molecule has 20 heavy (non-hydrogen) atoms. The molecular formula is C9H12N2O9. The molecule has 0 aromatic rings. The molecule has 0 radical (unpaired) electrons. The Labute approximate surface area is 111 Å². The van der Waals surface area contributed by atoms with Gasteiger partial charge in [-0.3, -0.25) is 20.2 Å². The number of nitrogens with one attached hydrogen (secondary N) is 2. The number of carboxylic acids is 2. The Kier molecular flexibility index (Phi) is 8.22. The van der Waals surface area contributed by atoms with Crippen molar-refractivity contribution >= 4 is 29.8 Å². The molecule has 4 N–H and O–H groups in total. The van der Waals surface area contributed by atoms with Gasteiger partial charge in [0, 0.05) is 0 Å². The van der Waals surface area contributed by atoms with Crippen LogP contribution in [0.15, 0.2) is 0 Å². The predicted molar refractivity (Wildman–Crippen MR) is 58.6 cm³/mol. The fourth-order valence-corrected chi connectivity index (χ4v) is 0.819. The zero-order chi connectivity index (χ0) is 15.5. The number of carbonyl (C=O) groups is 5. The summed E-state index contributed by atoms with van der Waals surface area (Å²) in [5.41, 5.74) is 0. The van der Waals surface area contributed by atoms with Gasteiger partial charge in [-0.1, -0.05) is 0 Å². The summed E-state index contributed by atoms with van der Waals surface area (Å²) in [7, 11) is 0. The number of amides is 4. The molecule has 0 heterocycles. The monoisotopic (exact) mass is 292 g/mol. The van der Waals surface area contributed by atoms with E-state index in [-0.39, 0.29) is 0 Å². The molecule has 0 spiro atoms. The normalized spacial score (nSPS) is 9.60. The Morgan fingerprint density at radius 3 is 1.35 bits per heavy atom. The lowest BCUT2D eigenvalue weighted by Crippen LogP contribution is -2.45. The fraction of sp³-hybridized carbons (Fsp3) is 0.444. The van der Waals surface area contributed by atoms with Gasteiger partial charge in [0.15, 0.2) is 0 Å². The van der Waals surface area contributed by atoms with Crippen molar-refractivity contribution in [3.8, 4) is 0 Å². The first-order valence-corrected chi connectivity index (χ1v) is 5.04. The summed E-state index contributed by atoms with van der Waals surface area (Å²) in [6.45, 7) is -2.78. The Hall–Kier alpha value is -2.53. The van der Waals surface area contributed by atoms with Crippen molar-refractivity contribution in [3.63, 3.8) is 0 Å². The summed E-state index contributed by atoms with van der Waals surface area (Å²) in [6.07, 6.45) is 0. The molecule has 0 aliphatic heterocycles. The van der Waals surface area contributed by atoms with E-state index < -0.39 is 56.2 Å². The molecule has 0 rings (SSSR count). The lowest BCUT2D eigenvalue weighted by molar-refractivity contribution is -0.144. The smallest absolute Gasteiger partial charge is 0.329 e. The van der Waals surface area contributed by atoms with Crippen molar-refractivity contribution in [1.29, 1.82) is 0 Å². The first-order chi connectivity index (χ1) is 9.31. The van der Waals surface area contributed by atoms with E-state index in [9.17, 15) is 24.0 Å². The lowest BCUT2D eigenvalue weighted by Gasteiger charge is -2.05. The molecule has 0 aliphatic carbocycles. The van der Waals surface area contributed by atoms with Crippen LogP contribution in [-0.2, 0) is 28.7 Å². The average molecular weight is 292 g/mol. The minimum atomic E-state index is -1.28. The molecule has 0 fully saturated rings. The molecule has 0 bridgehead atoms. The average Bonchev–Trinajstić information content (AvgIpc) is 2.26. The predicted octanol–water partition coefficient (Wildman–Crippen LogP) is -2.46. The molecule has 0 unspecified atom stereocenters. The van der Waals surface area contributed by atoms with Gasteiger partial charge in [0.2, 0.25) is 0 Å². The Morgan fingerprint density at radius 1 is 0.700 bits per heavy atom. The van der Waals surface area contributed by atoms with E-state index in [0.717, 1.165) is 0 Å². The number of hydrogen-bond acceptors (Lipinski definition) is 7. The second-order valence-electron chi connectivity index (χ2n) is 3.20. The number of urea groups is 1. The number of rotatable bonds is 8. The zero-order valence-corrected chi connectivity index (χ0v) is 10.1. The van der Waals surface area contributed by atoms with Crippen LogP contribution in [0.25, 0.3) is 0 Å². The maximum Gasteiger partial charge on any atom is 0.329 e. The largest absolute Gasteiger partial charge is 0.480 e. The van der Waals surface area contributed by atoms with Crippen LogP contribution in [-0.4, -0.2) is 66.4 Å². The van der Waals surface area contributed by atoms with Gasteiger partial charge < -0.3 is 19.7 Å². The maximum absolute atomic E-state index is 11.1. The number of carboxylic acid groups (broad SMARTS) is 2. The Bertz CT molecular complexity index is 370. The number of aliphatic carboxylic acids is 2. The van der Waals surface area contributed by atoms with Crippen LogP contribution in [0, 0.1) is 0 Å². The van der Waals surface area contributed by atoms with Crippen molar-refractivity contribution < 1.29 is 43.7 Å². The third-order valence-electron chi connectivity index (χ3n) is 1.42. The van der Waals surface area contributed by atoms with Crippen LogP contribution in [0.2, 0.25) is 0 Å². The van der Waals surface area contributed by atoms with Crippen molar-refractivity contribution in [2.45, 2.75) is 0 Å². The summed E-state index contributed by atoms with van der Waals surface area (Å²) in [6, 6.07) is -1.17. The summed E-state index contributed by atoms with van der Waals surface area (Å²) in [4.78, 5) is 53.2. The second-order valence-corrected chi connectivity index (χ2v) is 3.20. The number of imide groups is 2. The zero-order valence-electron chi connectivity index (χ0n) is 10.1. The van der Waals surface area contributed by atoms with E-state index in [4.69, 9.17) is 10.2 Å². The highest BCUT2D eigenvalue weighted by molar-refractivity contribution is 6.02. The van der Waals surface area contributed by atoms with Gasteiger partial charge in [-0.15, -0.1) is 0 Å². The maximum atomic E-state index is 11.1. The molecule has 0 aromatic heterocycles. The van der Waals surface area contributed by atoms with Crippen LogP contribution >= 0.6 is 0 Å². The van der Waals surface area contributed by atoms with Crippen LogP contribution in [0.5, 0.6) is 0 Å². The van der Waals surface area contributed by atoms with Crippen molar-refractivity contribution in [3.05, 3.63) is 0 Å². The number of carbonyl (C=O) groups excluding carboxylic acids is 3. The molecule has 0 aliphatic rings. The summed E-state index contributed by atoms with van der Waals surface area (Å²) < 4.78 is 8.78. The van der Waals surface area contributed by atoms with Crippen LogP contribution in [0.4, 0.5) is 4.79 Å². The molecule has 0 aromatic carbocycles. The summed E-state index contributed by atoms with van der Waals surface area (Å²) in [5, 5.41) is 19.8. The summed E-state index contributed by atoms with van der Waals surface area (Å²) >= 11 is 0. The van der Waals surface area contributed by atoms with Gasteiger partial charge >= 0.3 is 18.0 Å². The third kappa shape index (κ3) is 10.6. The highest BCUT2D eigenvalue weighted by Gasteiger charge is 2.12. The standard InChI is InChI=1S/C9H12N2O9/c12-5(1-19-3-7(14)15)10-9(18)11-6(13)2-20-4-8(16)17/h1-4H2,(H,14,15)(H,16,17)(H2,10,11,12,13,18). The Morgan fingerprint density at radius 2 is 1.05 bits per heavy atom. The highest BCUT2D eigenvalue weighted by atomic mass is 16.5. The van der Waals surface area contributed by atoms with Gasteiger partial charge in [0.1, 0.15) is 26.4 Å². The van der Waals surface area contributed by atoms with E-state index in [0.29, 0.717) is 0 Å². The molecule has 112 valence electrons. The molecule has 0 saturated carbocycles. The number of ether oxygens (including phenoxy) is 2. The van der Waals surface area contributed by atoms with Gasteiger partial charge in [0.05, 0.1) is 0 Å². The van der Waals surface area contributed by atoms with Crippen molar-refractivity contribution in [2.24, 2.45) is 0 Å². The van der Waals surface area contributed by atoms with Gasteiger partial charge in [0.25, 0.3) is 11.8 Å². The SMILES string of the molecule is O=C(O)COCC(=O)NC(=O)NC(=O)COCC(=O)O. The van der Waals surface area contributed by atoms with Gasteiger partial charge in [-0.25, -0.2) is 14.4 Å². The molecule has 11 nitrogen and oxygen atoms in total. The molecule has 0 atom stereocenters. The highest BCUT2D eigenvalue weighted by Crippen LogP contribution is 1.79. The van der Waals surface area contributed by atoms with E-state index in [1.165, 1.54) is 0 Å². The van der Waals surface area contributed by atoms with Gasteiger partial charge in [-0.05, 0) is 0 Å². The van der Waals surface area contributed by atoms with Crippen LogP contribution in [0.1, 0.15) is 0 Å². The molecule has 0 saturated heterocycles. The van der Waals surface area contributed by atoms with Crippen molar-refractivity contribution in [2.75, 3.05) is 26.4 Å². The first kappa shape index (κ1) is 17.5. The van der Waals surface area contributed by atoms with E-state index in [1.54, 1.807) is 10.6 Å². The van der Waals surface area contributed by atoms with Crippen LogP contribution in [0.3, 0.4) is 0 Å². The van der Waals surface area contributed by atoms with Gasteiger partial charge in [-0.2, -0.15) is 0 Å². The lowest BCUT2D eigenvalue weighted by atomic mass is 10.6. The Balaban J connectivity index is 3.80. The molecule has 4 amide bonds. The minimum absolute atomic E-state index is 0.677. The van der Waals surface area contributed by atoms with E-state index in [2.05, 4.69) is 9.47 Å². The molecular weight excluding hydrogens is 280 g/mol. The van der Waals surface area contributed by atoms with Crippen LogP contribution < -0.4 is 10.6 Å². The van der Waals surface area contributed by atoms with E-state index in [1.807, 2.05) is 0 Å².